The van der Waals surface area contributed by atoms with Crippen molar-refractivity contribution in [2.45, 2.75) is 73.2 Å². The molecule has 39 nitrogen and oxygen atoms in total. The molecular weight excluding hydrogens is 1200 g/mol. The summed E-state index contributed by atoms with van der Waals surface area (Å²) in [7, 11) is 2.83. The fourth-order valence-corrected chi connectivity index (χ4v) is 5.56. The Morgan fingerprint density at radius 3 is 0.929 bits per heavy atom. The first kappa shape index (κ1) is 95.7. The van der Waals surface area contributed by atoms with Gasteiger partial charge in [0.25, 0.3) is 0 Å². The van der Waals surface area contributed by atoms with Gasteiger partial charge in [-0.2, -0.15) is 9.90 Å². The van der Waals surface area contributed by atoms with E-state index in [1.54, 1.807) is 0 Å². The molecule has 0 rings (SSSR count). The van der Waals surface area contributed by atoms with Crippen LogP contribution in [0, 0.1) is 0 Å². The first-order valence-corrected chi connectivity index (χ1v) is 26.5. The van der Waals surface area contributed by atoms with Gasteiger partial charge in [0.05, 0.1) is 157 Å². The molecule has 0 radical (unpaired) electrons. The fraction of sp³-hybridized carbons (Fsp3) is 1.00. The number of azide groups is 3. The zero-order valence-corrected chi connectivity index (χ0v) is 51.1. The van der Waals surface area contributed by atoms with E-state index in [1.165, 1.54) is 23.8 Å². The largest absolute Gasteiger partial charge is 0.412 e. The molecule has 15 atom stereocenters. The minimum Gasteiger partial charge on any atom is -0.412 e. The van der Waals surface area contributed by atoms with Crippen molar-refractivity contribution in [2.24, 2.45) is 21.1 Å². The quantitative estimate of drug-likeness (QED) is 0.00884. The summed E-state index contributed by atoms with van der Waals surface area (Å²) in [5, 5.41) is 156. The third-order valence-electron chi connectivity index (χ3n) is 9.89. The number of rotatable bonds is 53. The van der Waals surface area contributed by atoms with Crippen LogP contribution in [-0.4, -0.2) is 368 Å². The maximum absolute atomic E-state index is 10.3. The van der Waals surface area contributed by atoms with Crippen LogP contribution in [0.4, 0.5) is 0 Å². The highest BCUT2D eigenvalue weighted by molar-refractivity contribution is 7.08. The number of hydrogen-bond acceptors (Lipinski definition) is 32. The number of hydrogen-bond donors (Lipinski definition) is 19. The molecule has 15 unspecified atom stereocenters. The van der Waals surface area contributed by atoms with Crippen molar-refractivity contribution in [3.63, 3.8) is 0 Å². The van der Waals surface area contributed by atoms with Gasteiger partial charge in [-0.1, -0.05) is 15.3 Å². The first-order valence-electron chi connectivity index (χ1n) is 25.4. The molecule has 0 bridgehead atoms. The van der Waals surface area contributed by atoms with Gasteiger partial charge >= 0.3 is 0 Å². The second-order valence-electron chi connectivity index (χ2n) is 16.0. The average molecular weight is 1300 g/mol. The van der Waals surface area contributed by atoms with Crippen LogP contribution in [0.15, 0.2) is 15.3 Å². The molecule has 0 heterocycles. The molecule has 0 aromatic rings. The Kier molecular flexibility index (Phi) is 85.7. The van der Waals surface area contributed by atoms with Gasteiger partial charge < -0.3 is 146 Å². The van der Waals surface area contributed by atoms with Crippen LogP contribution < -0.4 is 11.1 Å². The Labute approximate surface area is 495 Å². The monoisotopic (exact) mass is 1300 g/mol. The van der Waals surface area contributed by atoms with Crippen LogP contribution in [0.1, 0.15) is 0 Å². The summed E-state index contributed by atoms with van der Waals surface area (Å²) >= 11 is 0. The molecule has 0 aromatic heterocycles. The minimum absolute atomic E-state index is 0. The highest BCUT2D eigenvalue weighted by Gasteiger charge is 2.34. The molecule has 42 heteroatoms. The summed E-state index contributed by atoms with van der Waals surface area (Å²) in [6.45, 7) is 5.31. The summed E-state index contributed by atoms with van der Waals surface area (Å²) < 4.78 is 47.0. The zero-order chi connectivity index (χ0) is 63.0. The third kappa shape index (κ3) is 61.7. The lowest BCUT2D eigenvalue weighted by molar-refractivity contribution is -0.131. The normalized spacial score (nSPS) is 15.0. The van der Waals surface area contributed by atoms with Crippen molar-refractivity contribution in [3.8, 4) is 0 Å². The molecule has 0 aromatic carbocycles. The standard InChI is InChI=1S/C20H42N4O13.C14H30N4O8.C8H18N4O3.2H3OP.H2O.H3P/c21-23-22-1-3-35-5-7-37-8-6-36-4-2-24(9-13(27)17(31)19(33)15(29)11-25)10-14(28)18(32)20(34)16(30)12-26;15-18-17-2-4-25-6-8-26-7-5-24-3-1-16-9-11(20)13(22)14(23)12(21)10-19;9-1-3-13-5-7-15-8-6-14-4-2-11-12-10;2*1-2;;/h13-20,25-34H,1-12H2;11-14,16,19-23H,1-10H2;1-9H2;2*1H,2H2;1H2;1H3. The summed E-state index contributed by atoms with van der Waals surface area (Å²) in [5.41, 5.74) is 29.4. The molecule has 0 saturated carbocycles. The molecular formula is C42H101N12O27P3. The van der Waals surface area contributed by atoms with Crippen LogP contribution in [-0.2, 0) is 42.6 Å². The predicted octanol–water partition coefficient (Wildman–Crippen LogP) is -9.03. The number of nitrogens with zero attached hydrogens (tertiary/aromatic N) is 10. The summed E-state index contributed by atoms with van der Waals surface area (Å²) in [4.78, 5) is 22.9. The van der Waals surface area contributed by atoms with Gasteiger partial charge in [-0.05, 0) is 35.5 Å². The van der Waals surface area contributed by atoms with E-state index >= 15 is 0 Å². The second-order valence-corrected chi connectivity index (χ2v) is 16.0. The molecule has 0 saturated heterocycles. The average Bonchev–Trinajstić information content (AvgIpc) is 3.52. The second kappa shape index (κ2) is 75.3. The highest BCUT2D eigenvalue weighted by Crippen LogP contribution is 2.11. The lowest BCUT2D eigenvalue weighted by Crippen LogP contribution is -2.53. The molecule has 0 aliphatic carbocycles. The van der Waals surface area contributed by atoms with Crippen molar-refractivity contribution in [1.29, 1.82) is 0 Å². The summed E-state index contributed by atoms with van der Waals surface area (Å²) in [6, 6.07) is 0. The van der Waals surface area contributed by atoms with Crippen molar-refractivity contribution in [3.05, 3.63) is 31.3 Å². The van der Waals surface area contributed by atoms with Gasteiger partial charge in [-0.25, -0.2) is 0 Å². The van der Waals surface area contributed by atoms with E-state index in [1.807, 2.05) is 0 Å². The van der Waals surface area contributed by atoms with E-state index in [4.69, 9.17) is 90.1 Å². The smallest absolute Gasteiger partial charge is 0.111 e. The Morgan fingerprint density at radius 2 is 0.643 bits per heavy atom. The molecule has 0 fully saturated rings. The van der Waals surface area contributed by atoms with E-state index < -0.39 is 93.1 Å². The van der Waals surface area contributed by atoms with Crippen LogP contribution in [0.25, 0.3) is 31.3 Å². The Bertz CT molecular complexity index is 1450. The van der Waals surface area contributed by atoms with Crippen LogP contribution in [0.2, 0.25) is 0 Å². The van der Waals surface area contributed by atoms with E-state index in [-0.39, 0.29) is 81.1 Å². The van der Waals surface area contributed by atoms with Crippen LogP contribution >= 0.6 is 28.8 Å². The highest BCUT2D eigenvalue weighted by atomic mass is 31.0. The number of ether oxygens (including phenoxy) is 9. The van der Waals surface area contributed by atoms with Crippen LogP contribution in [0.5, 0.6) is 0 Å². The van der Waals surface area contributed by atoms with Gasteiger partial charge in [0.2, 0.25) is 0 Å². The Hall–Kier alpha value is -1.98. The molecule has 0 spiro atoms. The predicted molar refractivity (Wildman–Crippen MR) is 310 cm³/mol. The van der Waals surface area contributed by atoms with Gasteiger partial charge in [-0.15, -0.1) is 0 Å². The molecule has 22 N–H and O–H groups in total. The molecule has 0 aliphatic heterocycles. The number of nitrogens with one attached hydrogen (secondary N) is 1. The lowest BCUT2D eigenvalue weighted by Gasteiger charge is -2.33. The van der Waals surface area contributed by atoms with Gasteiger partial charge in [0, 0.05) is 73.6 Å². The van der Waals surface area contributed by atoms with E-state index in [9.17, 15) is 61.3 Å². The van der Waals surface area contributed by atoms with E-state index in [0.29, 0.717) is 112 Å². The van der Waals surface area contributed by atoms with E-state index in [0.717, 1.165) is 0 Å². The first-order chi connectivity index (χ1) is 39.6. The van der Waals surface area contributed by atoms with E-state index in [2.05, 4.69) is 35.4 Å². The van der Waals surface area contributed by atoms with Crippen molar-refractivity contribution in [1.82, 2.24) is 10.2 Å². The molecule has 84 heavy (non-hydrogen) atoms. The number of nitrogens with two attached hydrogens (primary N) is 1. The molecule has 506 valence electrons. The van der Waals surface area contributed by atoms with Crippen molar-refractivity contribution < 1.29 is 134 Å². The maximum Gasteiger partial charge on any atom is 0.111 e. The van der Waals surface area contributed by atoms with Gasteiger partial charge in [-0.3, -0.25) is 4.90 Å². The van der Waals surface area contributed by atoms with Crippen molar-refractivity contribution in [2.75, 3.05) is 198 Å². The zero-order valence-electron chi connectivity index (χ0n) is 47.3. The summed E-state index contributed by atoms with van der Waals surface area (Å²) in [6.07, 6.45) is -20.2. The lowest BCUT2D eigenvalue weighted by atomic mass is 10.0. The number of aliphatic hydroxyl groups is 15. The SMILES string of the molecule is O.OP.OP.P.[N-]=[N+]=NCCOCCOCCOCCN.[N-]=[N+]=NCCOCCOCCOCCN(CC(O)C(O)C(O)C(O)CO)CC(O)C(O)C(O)C(O)CO.[N-]=[N+]=NCCOCCOCCOCCNCC(O)C(O)C(O)C(O)CO. The topological polar surface area (TPSA) is 646 Å². The Balaban J connectivity index is -0.000000219. The molecule has 0 amide bonds. The minimum atomic E-state index is -1.87. The maximum atomic E-state index is 10.3. The molecule has 0 aliphatic rings. The number of aliphatic hydroxyl groups excluding tert-OH is 15. The fourth-order valence-electron chi connectivity index (χ4n) is 5.56. The van der Waals surface area contributed by atoms with Crippen LogP contribution in [0.3, 0.4) is 0 Å². The van der Waals surface area contributed by atoms with Gasteiger partial charge in [0.1, 0.15) is 54.9 Å². The third-order valence-corrected chi connectivity index (χ3v) is 9.89. The Morgan fingerprint density at radius 1 is 0.393 bits per heavy atom. The van der Waals surface area contributed by atoms with Crippen molar-refractivity contribution >= 4 is 28.8 Å². The van der Waals surface area contributed by atoms with Gasteiger partial charge in [0.15, 0.2) is 0 Å². The summed E-state index contributed by atoms with van der Waals surface area (Å²) in [5.74, 6) is 0.